The van der Waals surface area contributed by atoms with Crippen molar-refractivity contribution < 1.29 is 5.11 Å². The summed E-state index contributed by atoms with van der Waals surface area (Å²) in [6, 6.07) is 10.1. The number of rotatable bonds is 4. The third-order valence-electron chi connectivity index (χ3n) is 2.59. The van der Waals surface area contributed by atoms with Crippen molar-refractivity contribution >= 4 is 0 Å². The molecule has 0 fully saturated rings. The Morgan fingerprint density at radius 3 is 2.38 bits per heavy atom. The Kier molecular flexibility index (Phi) is 3.97. The molecule has 0 amide bonds. The average molecular weight is 178 g/mol. The quantitative estimate of drug-likeness (QED) is 0.751. The van der Waals surface area contributed by atoms with E-state index in [2.05, 4.69) is 26.0 Å². The molecular weight excluding hydrogens is 160 g/mol. The SMILES string of the molecule is CCC(C)C(O)Cc1ccccc1. The third kappa shape index (κ3) is 3.19. The molecule has 1 nitrogen and oxygen atoms in total. The van der Waals surface area contributed by atoms with E-state index in [1.807, 2.05) is 18.2 Å². The molecule has 0 aliphatic carbocycles. The zero-order chi connectivity index (χ0) is 9.68. The van der Waals surface area contributed by atoms with E-state index < -0.39 is 0 Å². The number of benzene rings is 1. The second-order valence-corrected chi connectivity index (χ2v) is 3.64. The van der Waals surface area contributed by atoms with E-state index in [1.54, 1.807) is 0 Å². The highest BCUT2D eigenvalue weighted by atomic mass is 16.3. The van der Waals surface area contributed by atoms with Crippen LogP contribution in [0.25, 0.3) is 0 Å². The van der Waals surface area contributed by atoms with Gasteiger partial charge in [0.15, 0.2) is 0 Å². The fourth-order valence-electron chi connectivity index (χ4n) is 1.33. The zero-order valence-corrected chi connectivity index (χ0v) is 8.40. The molecule has 1 heteroatoms. The number of hydrogen-bond donors (Lipinski definition) is 1. The lowest BCUT2D eigenvalue weighted by atomic mass is 9.96. The predicted octanol–water partition coefficient (Wildman–Crippen LogP) is 2.64. The van der Waals surface area contributed by atoms with Crippen LogP contribution in [0, 0.1) is 5.92 Å². The summed E-state index contributed by atoms with van der Waals surface area (Å²) in [5.41, 5.74) is 1.22. The Morgan fingerprint density at radius 1 is 1.23 bits per heavy atom. The van der Waals surface area contributed by atoms with Gasteiger partial charge in [0.1, 0.15) is 0 Å². The Hall–Kier alpha value is -0.820. The molecule has 2 unspecified atom stereocenters. The molecule has 0 saturated carbocycles. The molecule has 1 aromatic rings. The summed E-state index contributed by atoms with van der Waals surface area (Å²) in [6.45, 7) is 4.20. The minimum atomic E-state index is -0.201. The van der Waals surface area contributed by atoms with Crippen LogP contribution in [-0.2, 0) is 6.42 Å². The summed E-state index contributed by atoms with van der Waals surface area (Å²) in [5, 5.41) is 9.77. The summed E-state index contributed by atoms with van der Waals surface area (Å²) in [7, 11) is 0. The molecule has 1 N–H and O–H groups in total. The highest BCUT2D eigenvalue weighted by molar-refractivity contribution is 5.15. The minimum Gasteiger partial charge on any atom is -0.393 e. The van der Waals surface area contributed by atoms with Crippen molar-refractivity contribution in [3.63, 3.8) is 0 Å². The van der Waals surface area contributed by atoms with Crippen molar-refractivity contribution in [2.24, 2.45) is 5.92 Å². The van der Waals surface area contributed by atoms with Gasteiger partial charge in [-0.15, -0.1) is 0 Å². The van der Waals surface area contributed by atoms with Crippen molar-refractivity contribution in [1.82, 2.24) is 0 Å². The van der Waals surface area contributed by atoms with Crippen LogP contribution in [0.1, 0.15) is 25.8 Å². The van der Waals surface area contributed by atoms with E-state index in [4.69, 9.17) is 0 Å². The van der Waals surface area contributed by atoms with Gasteiger partial charge in [-0.25, -0.2) is 0 Å². The van der Waals surface area contributed by atoms with E-state index in [1.165, 1.54) is 5.56 Å². The molecule has 0 heterocycles. The van der Waals surface area contributed by atoms with Crippen molar-refractivity contribution in [3.8, 4) is 0 Å². The van der Waals surface area contributed by atoms with E-state index >= 15 is 0 Å². The lowest BCUT2D eigenvalue weighted by molar-refractivity contribution is 0.115. The van der Waals surface area contributed by atoms with Crippen LogP contribution in [0.5, 0.6) is 0 Å². The van der Waals surface area contributed by atoms with Crippen LogP contribution in [0.3, 0.4) is 0 Å². The highest BCUT2D eigenvalue weighted by Crippen LogP contribution is 2.12. The van der Waals surface area contributed by atoms with Crippen molar-refractivity contribution in [2.45, 2.75) is 32.8 Å². The topological polar surface area (TPSA) is 20.2 Å². The lowest BCUT2D eigenvalue weighted by Gasteiger charge is -2.16. The molecule has 0 spiro atoms. The van der Waals surface area contributed by atoms with Gasteiger partial charge in [0.05, 0.1) is 6.10 Å². The van der Waals surface area contributed by atoms with Crippen LogP contribution < -0.4 is 0 Å². The first-order valence-electron chi connectivity index (χ1n) is 4.96. The van der Waals surface area contributed by atoms with Gasteiger partial charge in [-0.05, 0) is 17.9 Å². The fourth-order valence-corrected chi connectivity index (χ4v) is 1.33. The summed E-state index contributed by atoms with van der Waals surface area (Å²) in [5.74, 6) is 0.389. The molecule has 0 saturated heterocycles. The van der Waals surface area contributed by atoms with Gasteiger partial charge in [0.2, 0.25) is 0 Å². The second kappa shape index (κ2) is 5.03. The Labute approximate surface area is 80.4 Å². The molecule has 1 rings (SSSR count). The smallest absolute Gasteiger partial charge is 0.0605 e. The van der Waals surface area contributed by atoms with Crippen LogP contribution in [-0.4, -0.2) is 11.2 Å². The largest absolute Gasteiger partial charge is 0.393 e. The summed E-state index contributed by atoms with van der Waals surface area (Å²) in [4.78, 5) is 0. The molecule has 0 radical (unpaired) electrons. The van der Waals surface area contributed by atoms with E-state index in [9.17, 15) is 5.11 Å². The Morgan fingerprint density at radius 2 is 1.85 bits per heavy atom. The monoisotopic (exact) mass is 178 g/mol. The lowest BCUT2D eigenvalue weighted by Crippen LogP contribution is -2.19. The molecule has 13 heavy (non-hydrogen) atoms. The van der Waals surface area contributed by atoms with E-state index in [0.29, 0.717) is 5.92 Å². The maximum Gasteiger partial charge on any atom is 0.0605 e. The fraction of sp³-hybridized carbons (Fsp3) is 0.500. The number of aliphatic hydroxyl groups excluding tert-OH is 1. The molecule has 0 aliphatic heterocycles. The number of hydrogen-bond acceptors (Lipinski definition) is 1. The van der Waals surface area contributed by atoms with Gasteiger partial charge < -0.3 is 5.11 Å². The van der Waals surface area contributed by atoms with Crippen LogP contribution in [0.2, 0.25) is 0 Å². The van der Waals surface area contributed by atoms with Crippen molar-refractivity contribution in [2.75, 3.05) is 0 Å². The van der Waals surface area contributed by atoms with Crippen molar-refractivity contribution in [1.29, 1.82) is 0 Å². The first-order chi connectivity index (χ1) is 6.24. The molecule has 0 bridgehead atoms. The van der Waals surface area contributed by atoms with Crippen LogP contribution in [0.15, 0.2) is 30.3 Å². The minimum absolute atomic E-state index is 0.201. The van der Waals surface area contributed by atoms with Gasteiger partial charge in [-0.3, -0.25) is 0 Å². The maximum absolute atomic E-state index is 9.77. The van der Waals surface area contributed by atoms with Gasteiger partial charge in [-0.2, -0.15) is 0 Å². The summed E-state index contributed by atoms with van der Waals surface area (Å²) >= 11 is 0. The standard InChI is InChI=1S/C12H18O/c1-3-10(2)12(13)9-11-7-5-4-6-8-11/h4-8,10,12-13H,3,9H2,1-2H3. The molecule has 72 valence electrons. The van der Waals surface area contributed by atoms with E-state index in [-0.39, 0.29) is 6.10 Å². The van der Waals surface area contributed by atoms with Crippen LogP contribution in [0.4, 0.5) is 0 Å². The Balaban J connectivity index is 2.50. The van der Waals surface area contributed by atoms with Gasteiger partial charge in [-0.1, -0.05) is 50.6 Å². The number of aliphatic hydroxyl groups is 1. The molecule has 1 aromatic carbocycles. The first kappa shape index (κ1) is 10.3. The normalized spacial score (nSPS) is 15.3. The van der Waals surface area contributed by atoms with Gasteiger partial charge >= 0.3 is 0 Å². The predicted molar refractivity (Wildman–Crippen MR) is 55.6 cm³/mol. The van der Waals surface area contributed by atoms with Crippen molar-refractivity contribution in [3.05, 3.63) is 35.9 Å². The molecule has 2 atom stereocenters. The molecular formula is C12H18O. The Bertz CT molecular complexity index is 230. The summed E-state index contributed by atoms with van der Waals surface area (Å²) < 4.78 is 0. The zero-order valence-electron chi connectivity index (χ0n) is 8.40. The first-order valence-corrected chi connectivity index (χ1v) is 4.96. The van der Waals surface area contributed by atoms with Gasteiger partial charge in [0, 0.05) is 0 Å². The molecule has 0 aliphatic rings. The molecule has 0 aromatic heterocycles. The maximum atomic E-state index is 9.77. The second-order valence-electron chi connectivity index (χ2n) is 3.64. The highest BCUT2D eigenvalue weighted by Gasteiger charge is 2.11. The average Bonchev–Trinajstić information content (AvgIpc) is 2.18. The van der Waals surface area contributed by atoms with Crippen LogP contribution >= 0.6 is 0 Å². The van der Waals surface area contributed by atoms with E-state index in [0.717, 1.165) is 12.8 Å². The summed E-state index contributed by atoms with van der Waals surface area (Å²) in [6.07, 6.45) is 1.61. The van der Waals surface area contributed by atoms with Gasteiger partial charge in [0.25, 0.3) is 0 Å². The third-order valence-corrected chi connectivity index (χ3v) is 2.59.